The predicted octanol–water partition coefficient (Wildman–Crippen LogP) is 1.83. The Morgan fingerprint density at radius 3 is 3.08 bits per heavy atom. The molecule has 0 aromatic carbocycles. The first-order chi connectivity index (χ1) is 6.38. The Morgan fingerprint density at radius 2 is 2.54 bits per heavy atom. The molecule has 0 aliphatic heterocycles. The second-order valence-electron chi connectivity index (χ2n) is 2.88. The van der Waals surface area contributed by atoms with Crippen LogP contribution in [0.15, 0.2) is 11.7 Å². The third-order valence-corrected chi connectivity index (χ3v) is 2.87. The number of hydrogen-bond acceptors (Lipinski definition) is 4. The van der Waals surface area contributed by atoms with Crippen LogP contribution in [0.1, 0.15) is 23.8 Å². The highest BCUT2D eigenvalue weighted by atomic mass is 32.1. The molecule has 0 spiro atoms. The van der Waals surface area contributed by atoms with Gasteiger partial charge in [0.2, 0.25) is 0 Å². The van der Waals surface area contributed by atoms with Gasteiger partial charge in [-0.2, -0.15) is 0 Å². The van der Waals surface area contributed by atoms with E-state index in [1.54, 1.807) is 18.4 Å². The Bertz CT molecular complexity index is 213. The number of nitrogens with one attached hydrogen (secondary N) is 1. The molecule has 0 saturated carbocycles. The van der Waals surface area contributed by atoms with Crippen molar-refractivity contribution in [1.82, 2.24) is 10.3 Å². The van der Waals surface area contributed by atoms with Crippen molar-refractivity contribution in [2.45, 2.75) is 18.9 Å². The Hall–Kier alpha value is -0.450. The first kappa shape index (κ1) is 10.6. The minimum absolute atomic E-state index is 0.433. The van der Waals surface area contributed by atoms with Crippen molar-refractivity contribution in [1.29, 1.82) is 0 Å². The molecule has 74 valence electrons. The minimum atomic E-state index is 0.433. The number of aromatic nitrogens is 1. The van der Waals surface area contributed by atoms with Crippen LogP contribution in [0.25, 0.3) is 0 Å². The van der Waals surface area contributed by atoms with Gasteiger partial charge in [-0.25, -0.2) is 0 Å². The molecule has 4 heteroatoms. The van der Waals surface area contributed by atoms with Gasteiger partial charge >= 0.3 is 0 Å². The molecule has 1 rings (SSSR count). The average Bonchev–Trinajstić information content (AvgIpc) is 2.65. The van der Waals surface area contributed by atoms with Crippen molar-refractivity contribution in [3.8, 4) is 0 Å². The minimum Gasteiger partial charge on any atom is -0.385 e. The molecule has 0 radical (unpaired) electrons. The van der Waals surface area contributed by atoms with Gasteiger partial charge < -0.3 is 10.1 Å². The van der Waals surface area contributed by atoms with Crippen LogP contribution in [0.3, 0.4) is 0 Å². The van der Waals surface area contributed by atoms with Crippen molar-refractivity contribution in [2.75, 3.05) is 20.8 Å². The molecule has 0 aliphatic rings. The van der Waals surface area contributed by atoms with E-state index in [0.717, 1.165) is 19.4 Å². The van der Waals surface area contributed by atoms with E-state index in [-0.39, 0.29) is 0 Å². The van der Waals surface area contributed by atoms with Gasteiger partial charge in [0.05, 0.1) is 5.51 Å². The van der Waals surface area contributed by atoms with Crippen LogP contribution >= 0.6 is 11.3 Å². The molecule has 1 atom stereocenters. The largest absolute Gasteiger partial charge is 0.385 e. The van der Waals surface area contributed by atoms with Gasteiger partial charge in [-0.05, 0) is 19.9 Å². The predicted molar refractivity (Wildman–Crippen MR) is 55.0 cm³/mol. The molecule has 0 saturated heterocycles. The van der Waals surface area contributed by atoms with E-state index in [9.17, 15) is 0 Å². The maximum Gasteiger partial charge on any atom is 0.0794 e. The Balaban J connectivity index is 2.35. The van der Waals surface area contributed by atoms with E-state index in [0.29, 0.717) is 6.04 Å². The van der Waals surface area contributed by atoms with E-state index < -0.39 is 0 Å². The van der Waals surface area contributed by atoms with Crippen LogP contribution in [-0.4, -0.2) is 25.7 Å². The molecule has 3 nitrogen and oxygen atoms in total. The van der Waals surface area contributed by atoms with Crippen molar-refractivity contribution >= 4 is 11.3 Å². The zero-order valence-electron chi connectivity index (χ0n) is 8.12. The van der Waals surface area contributed by atoms with E-state index in [4.69, 9.17) is 4.74 Å². The third-order valence-electron chi connectivity index (χ3n) is 1.98. The van der Waals surface area contributed by atoms with Gasteiger partial charge in [-0.15, -0.1) is 11.3 Å². The van der Waals surface area contributed by atoms with E-state index in [1.807, 2.05) is 18.8 Å². The average molecular weight is 200 g/mol. The second kappa shape index (κ2) is 6.07. The number of ether oxygens (including phenoxy) is 1. The molecule has 1 aromatic heterocycles. The van der Waals surface area contributed by atoms with E-state index >= 15 is 0 Å². The fraction of sp³-hybridized carbons (Fsp3) is 0.667. The van der Waals surface area contributed by atoms with Gasteiger partial charge in [0.25, 0.3) is 0 Å². The normalized spacial score (nSPS) is 13.1. The molecule has 0 fully saturated rings. The van der Waals surface area contributed by atoms with Crippen molar-refractivity contribution < 1.29 is 4.74 Å². The third kappa shape index (κ3) is 3.42. The first-order valence-corrected chi connectivity index (χ1v) is 5.31. The summed E-state index contributed by atoms with van der Waals surface area (Å²) in [5.41, 5.74) is 1.87. The summed E-state index contributed by atoms with van der Waals surface area (Å²) >= 11 is 1.70. The summed E-state index contributed by atoms with van der Waals surface area (Å²) in [6.45, 7) is 0.830. The molecule has 1 aromatic rings. The van der Waals surface area contributed by atoms with Gasteiger partial charge in [-0.1, -0.05) is 0 Å². The monoisotopic (exact) mass is 200 g/mol. The highest BCUT2D eigenvalue weighted by molar-refractivity contribution is 7.09. The smallest absolute Gasteiger partial charge is 0.0794 e. The number of nitrogens with zero attached hydrogens (tertiary/aromatic N) is 1. The first-order valence-electron chi connectivity index (χ1n) is 4.43. The molecule has 0 bridgehead atoms. The molecule has 13 heavy (non-hydrogen) atoms. The second-order valence-corrected chi connectivity index (χ2v) is 3.80. The van der Waals surface area contributed by atoms with Crippen molar-refractivity contribution in [2.24, 2.45) is 0 Å². The topological polar surface area (TPSA) is 34.1 Å². The lowest BCUT2D eigenvalue weighted by Gasteiger charge is -2.12. The van der Waals surface area contributed by atoms with Crippen LogP contribution in [-0.2, 0) is 4.74 Å². The Morgan fingerprint density at radius 1 is 1.69 bits per heavy atom. The van der Waals surface area contributed by atoms with Gasteiger partial charge in [0.15, 0.2) is 0 Å². The van der Waals surface area contributed by atoms with Gasteiger partial charge in [0, 0.05) is 30.8 Å². The highest BCUT2D eigenvalue weighted by Gasteiger charge is 2.09. The Labute approximate surface area is 83.1 Å². The van der Waals surface area contributed by atoms with Gasteiger partial charge in [0.1, 0.15) is 0 Å². The highest BCUT2D eigenvalue weighted by Crippen LogP contribution is 2.21. The zero-order valence-corrected chi connectivity index (χ0v) is 8.93. The van der Waals surface area contributed by atoms with Crippen LogP contribution < -0.4 is 5.32 Å². The lowest BCUT2D eigenvalue weighted by Crippen LogP contribution is -2.15. The van der Waals surface area contributed by atoms with Gasteiger partial charge in [-0.3, -0.25) is 4.98 Å². The number of thiazole rings is 1. The number of rotatable bonds is 6. The standard InChI is InChI=1S/C9H16N2OS/c1-10-8(4-3-5-12-2)9-6-11-7-13-9/h6-8,10H,3-5H2,1-2H3. The quantitative estimate of drug-likeness (QED) is 0.711. The molecular weight excluding hydrogens is 184 g/mol. The lowest BCUT2D eigenvalue weighted by molar-refractivity contribution is 0.189. The van der Waals surface area contributed by atoms with Crippen molar-refractivity contribution in [3.05, 3.63) is 16.6 Å². The molecule has 0 aliphatic carbocycles. The summed E-state index contributed by atoms with van der Waals surface area (Å²) in [4.78, 5) is 5.37. The molecule has 0 amide bonds. The van der Waals surface area contributed by atoms with E-state index in [1.165, 1.54) is 4.88 Å². The summed E-state index contributed by atoms with van der Waals surface area (Å²) in [5, 5.41) is 3.28. The Kier molecular flexibility index (Phi) is 4.97. The van der Waals surface area contributed by atoms with Crippen molar-refractivity contribution in [3.63, 3.8) is 0 Å². The summed E-state index contributed by atoms with van der Waals surface area (Å²) in [7, 11) is 3.72. The van der Waals surface area contributed by atoms with E-state index in [2.05, 4.69) is 10.3 Å². The molecule has 1 N–H and O–H groups in total. The summed E-state index contributed by atoms with van der Waals surface area (Å²) in [5.74, 6) is 0. The van der Waals surface area contributed by atoms with Crippen LogP contribution in [0.2, 0.25) is 0 Å². The fourth-order valence-corrected chi connectivity index (χ4v) is 2.02. The van der Waals surface area contributed by atoms with Crippen LogP contribution in [0.4, 0.5) is 0 Å². The zero-order chi connectivity index (χ0) is 9.52. The van der Waals surface area contributed by atoms with Crippen LogP contribution in [0, 0.1) is 0 Å². The SMILES string of the molecule is CNC(CCCOC)c1cncs1. The van der Waals surface area contributed by atoms with Crippen LogP contribution in [0.5, 0.6) is 0 Å². The summed E-state index contributed by atoms with van der Waals surface area (Å²) in [6, 6.07) is 0.433. The maximum absolute atomic E-state index is 5.01. The number of hydrogen-bond donors (Lipinski definition) is 1. The molecular formula is C9H16N2OS. The summed E-state index contributed by atoms with van der Waals surface area (Å²) < 4.78 is 5.01. The molecule has 1 unspecified atom stereocenters. The summed E-state index contributed by atoms with van der Waals surface area (Å²) in [6.07, 6.45) is 4.12. The number of methoxy groups -OCH3 is 1. The maximum atomic E-state index is 5.01. The molecule has 1 heterocycles. The lowest BCUT2D eigenvalue weighted by atomic mass is 10.1. The fourth-order valence-electron chi connectivity index (χ4n) is 1.26.